The summed E-state index contributed by atoms with van der Waals surface area (Å²) in [6.45, 7) is 8.20. The van der Waals surface area contributed by atoms with Crippen LogP contribution in [0.3, 0.4) is 0 Å². The van der Waals surface area contributed by atoms with Gasteiger partial charge in [0, 0.05) is 6.92 Å². The molecule has 23 heavy (non-hydrogen) atoms. The minimum atomic E-state index is -0.180. The van der Waals surface area contributed by atoms with E-state index in [2.05, 4.69) is 37.4 Å². The van der Waals surface area contributed by atoms with Gasteiger partial charge in [0.1, 0.15) is 6.10 Å². The molecule has 0 bridgehead atoms. The van der Waals surface area contributed by atoms with Gasteiger partial charge in [-0.25, -0.2) is 0 Å². The zero-order valence-corrected chi connectivity index (χ0v) is 14.3. The topological polar surface area (TPSA) is 38.3 Å². The van der Waals surface area contributed by atoms with Crippen LogP contribution in [0.25, 0.3) is 0 Å². The molecule has 0 saturated heterocycles. The first-order valence-corrected chi connectivity index (χ1v) is 7.96. The molecule has 2 aromatic carbocycles. The molecule has 0 heterocycles. The Labute approximate surface area is 138 Å². The smallest absolute Gasteiger partial charge is 0.217 e. The zero-order chi connectivity index (χ0) is 16.8. The summed E-state index contributed by atoms with van der Waals surface area (Å²) in [6.07, 6.45) is -0.180. The molecule has 1 N–H and O–H groups in total. The second-order valence-corrected chi connectivity index (χ2v) is 6.13. The number of carbonyl (C=O) groups is 1. The molecule has 0 saturated carbocycles. The first kappa shape index (κ1) is 17.2. The second-order valence-electron chi connectivity index (χ2n) is 6.13. The summed E-state index contributed by atoms with van der Waals surface area (Å²) < 4.78 is 6.17. The summed E-state index contributed by atoms with van der Waals surface area (Å²) in [5, 5.41) is 2.94. The number of amides is 1. The average molecular weight is 311 g/mol. The standard InChI is InChI=1S/C20H25NO2/c1-14-10-15(2)12-18(11-14)13-23-20(16(3)21-17(4)22)19-8-6-5-7-9-19/h5-12,16,20H,13H2,1-4H3,(H,21,22)/t16-,20?/m0/s1. The van der Waals surface area contributed by atoms with Gasteiger partial charge in [-0.2, -0.15) is 0 Å². The molecule has 0 aliphatic heterocycles. The van der Waals surface area contributed by atoms with Crippen LogP contribution in [0.4, 0.5) is 0 Å². The van der Waals surface area contributed by atoms with Gasteiger partial charge in [-0.15, -0.1) is 0 Å². The monoisotopic (exact) mass is 311 g/mol. The van der Waals surface area contributed by atoms with Crippen molar-refractivity contribution in [3.05, 3.63) is 70.8 Å². The molecule has 0 fully saturated rings. The van der Waals surface area contributed by atoms with Crippen LogP contribution in [0.1, 0.15) is 42.2 Å². The number of aryl methyl sites for hydroxylation is 2. The van der Waals surface area contributed by atoms with Gasteiger partial charge in [0.05, 0.1) is 12.6 Å². The Kier molecular flexibility index (Phi) is 5.94. The molecule has 122 valence electrons. The van der Waals surface area contributed by atoms with Crippen molar-refractivity contribution in [2.75, 3.05) is 0 Å². The van der Waals surface area contributed by atoms with Crippen LogP contribution in [-0.2, 0) is 16.1 Å². The average Bonchev–Trinajstić information content (AvgIpc) is 2.46. The van der Waals surface area contributed by atoms with Gasteiger partial charge in [-0.1, -0.05) is 59.7 Å². The molecule has 0 aromatic heterocycles. The Bertz CT molecular complexity index is 632. The third-order valence-corrected chi connectivity index (χ3v) is 3.72. The summed E-state index contributed by atoms with van der Waals surface area (Å²) in [6, 6.07) is 16.4. The molecule has 3 heteroatoms. The normalized spacial score (nSPS) is 13.4. The van der Waals surface area contributed by atoms with Gasteiger partial charge in [0.2, 0.25) is 5.91 Å². The van der Waals surface area contributed by atoms with Crippen LogP contribution >= 0.6 is 0 Å². The quantitative estimate of drug-likeness (QED) is 0.872. The fourth-order valence-corrected chi connectivity index (χ4v) is 2.91. The van der Waals surface area contributed by atoms with E-state index < -0.39 is 0 Å². The lowest BCUT2D eigenvalue weighted by atomic mass is 10.0. The van der Waals surface area contributed by atoms with E-state index in [1.165, 1.54) is 18.1 Å². The van der Waals surface area contributed by atoms with Gasteiger partial charge >= 0.3 is 0 Å². The Morgan fingerprint density at radius 3 is 2.26 bits per heavy atom. The van der Waals surface area contributed by atoms with E-state index in [1.807, 2.05) is 37.3 Å². The van der Waals surface area contributed by atoms with Gasteiger partial charge in [0.15, 0.2) is 0 Å². The molecule has 2 atom stereocenters. The van der Waals surface area contributed by atoms with Crippen LogP contribution in [0.2, 0.25) is 0 Å². The minimum Gasteiger partial charge on any atom is -0.367 e. The predicted molar refractivity (Wildman–Crippen MR) is 93.2 cm³/mol. The first-order chi connectivity index (χ1) is 11.0. The zero-order valence-electron chi connectivity index (χ0n) is 14.3. The maximum atomic E-state index is 11.4. The Hall–Kier alpha value is -2.13. The Morgan fingerprint density at radius 2 is 1.70 bits per heavy atom. The van der Waals surface area contributed by atoms with Crippen LogP contribution in [0, 0.1) is 13.8 Å². The number of nitrogens with one attached hydrogen (secondary N) is 1. The van der Waals surface area contributed by atoms with Gasteiger partial charge in [-0.05, 0) is 31.9 Å². The predicted octanol–water partition coefficient (Wildman–Crippen LogP) is 4.09. The summed E-state index contributed by atoms with van der Waals surface area (Å²) in [4.78, 5) is 11.4. The highest BCUT2D eigenvalue weighted by atomic mass is 16.5. The van der Waals surface area contributed by atoms with Crippen LogP contribution < -0.4 is 5.32 Å². The van der Waals surface area contributed by atoms with Gasteiger partial charge in [-0.3, -0.25) is 4.79 Å². The van der Waals surface area contributed by atoms with E-state index in [1.54, 1.807) is 0 Å². The largest absolute Gasteiger partial charge is 0.367 e. The molecule has 1 amide bonds. The van der Waals surface area contributed by atoms with Crippen molar-refractivity contribution in [3.8, 4) is 0 Å². The number of rotatable bonds is 6. The summed E-state index contributed by atoms with van der Waals surface area (Å²) >= 11 is 0. The molecule has 1 unspecified atom stereocenters. The highest BCUT2D eigenvalue weighted by Gasteiger charge is 2.20. The Balaban J connectivity index is 2.15. The summed E-state index contributed by atoms with van der Waals surface area (Å²) in [5.74, 6) is -0.0477. The molecular formula is C20H25NO2. The van der Waals surface area contributed by atoms with Crippen LogP contribution in [-0.4, -0.2) is 11.9 Å². The number of hydrogen-bond acceptors (Lipinski definition) is 2. The van der Waals surface area contributed by atoms with Crippen molar-refractivity contribution >= 4 is 5.91 Å². The first-order valence-electron chi connectivity index (χ1n) is 7.96. The highest BCUT2D eigenvalue weighted by molar-refractivity contribution is 5.73. The van der Waals surface area contributed by atoms with Gasteiger partial charge in [0.25, 0.3) is 0 Å². The molecule has 3 nitrogen and oxygen atoms in total. The van der Waals surface area contributed by atoms with Crippen molar-refractivity contribution in [1.82, 2.24) is 5.32 Å². The van der Waals surface area contributed by atoms with E-state index >= 15 is 0 Å². The maximum Gasteiger partial charge on any atom is 0.217 e. The lowest BCUT2D eigenvalue weighted by Gasteiger charge is -2.25. The van der Waals surface area contributed by atoms with Crippen LogP contribution in [0.15, 0.2) is 48.5 Å². The van der Waals surface area contributed by atoms with E-state index in [9.17, 15) is 4.79 Å². The van der Waals surface area contributed by atoms with Crippen molar-refractivity contribution in [3.63, 3.8) is 0 Å². The van der Waals surface area contributed by atoms with Gasteiger partial charge < -0.3 is 10.1 Å². The number of benzene rings is 2. The highest BCUT2D eigenvalue weighted by Crippen LogP contribution is 2.23. The van der Waals surface area contributed by atoms with Crippen LogP contribution in [0.5, 0.6) is 0 Å². The van der Waals surface area contributed by atoms with E-state index in [4.69, 9.17) is 4.74 Å². The SMILES string of the molecule is CC(=O)N[C@@H](C)C(OCc1cc(C)cc(C)c1)c1ccccc1. The van der Waals surface area contributed by atoms with Crippen molar-refractivity contribution in [2.24, 2.45) is 0 Å². The molecule has 0 aliphatic rings. The second kappa shape index (κ2) is 7.93. The summed E-state index contributed by atoms with van der Waals surface area (Å²) in [7, 11) is 0. The Morgan fingerprint density at radius 1 is 1.09 bits per heavy atom. The fraction of sp³-hybridized carbons (Fsp3) is 0.350. The molecular weight excluding hydrogens is 286 g/mol. The third kappa shape index (κ3) is 5.22. The van der Waals surface area contributed by atoms with Crippen molar-refractivity contribution < 1.29 is 9.53 Å². The maximum absolute atomic E-state index is 11.4. The number of carbonyl (C=O) groups excluding carboxylic acids is 1. The molecule has 2 aromatic rings. The molecule has 0 aliphatic carbocycles. The van der Waals surface area contributed by atoms with E-state index in [-0.39, 0.29) is 18.1 Å². The minimum absolute atomic E-state index is 0.0477. The third-order valence-electron chi connectivity index (χ3n) is 3.72. The lowest BCUT2D eigenvalue weighted by Crippen LogP contribution is -2.36. The van der Waals surface area contributed by atoms with Crippen molar-refractivity contribution in [1.29, 1.82) is 0 Å². The van der Waals surface area contributed by atoms with E-state index in [0.29, 0.717) is 6.61 Å². The van der Waals surface area contributed by atoms with Crippen molar-refractivity contribution in [2.45, 2.75) is 46.4 Å². The molecule has 0 radical (unpaired) electrons. The molecule has 0 spiro atoms. The molecule has 2 rings (SSSR count). The number of hydrogen-bond donors (Lipinski definition) is 1. The fourth-order valence-electron chi connectivity index (χ4n) is 2.91. The lowest BCUT2D eigenvalue weighted by molar-refractivity contribution is -0.120. The number of ether oxygens (including phenoxy) is 1. The van der Waals surface area contributed by atoms with E-state index in [0.717, 1.165) is 11.1 Å². The summed E-state index contributed by atoms with van der Waals surface area (Å²) in [5.41, 5.74) is 4.68.